The highest BCUT2D eigenvalue weighted by Crippen LogP contribution is 2.19. The van der Waals surface area contributed by atoms with Crippen molar-refractivity contribution >= 4 is 0 Å². The Morgan fingerprint density at radius 1 is 1.24 bits per heavy atom. The fraction of sp³-hybridized carbons (Fsp3) is 0.250. The van der Waals surface area contributed by atoms with Crippen LogP contribution >= 0.6 is 0 Å². The smallest absolute Gasteiger partial charge is 0.141 e. The second-order valence-corrected chi connectivity index (χ2v) is 3.56. The van der Waals surface area contributed by atoms with Crippen LogP contribution in [-0.4, -0.2) is 21.5 Å². The van der Waals surface area contributed by atoms with Crippen molar-refractivity contribution in [3.63, 3.8) is 0 Å². The lowest BCUT2D eigenvalue weighted by atomic mass is 10.1. The molecule has 2 aromatic rings. The van der Waals surface area contributed by atoms with Crippen LogP contribution in [0.2, 0.25) is 0 Å². The summed E-state index contributed by atoms with van der Waals surface area (Å²) in [5, 5.41) is 3.23. The second kappa shape index (κ2) is 5.45. The third-order valence-electron chi connectivity index (χ3n) is 2.35. The van der Waals surface area contributed by atoms with Crippen LogP contribution in [0.25, 0.3) is 0 Å². The maximum Gasteiger partial charge on any atom is 0.141 e. The molecule has 2 heterocycles. The van der Waals surface area contributed by atoms with Crippen molar-refractivity contribution in [3.05, 3.63) is 54.1 Å². The summed E-state index contributed by atoms with van der Waals surface area (Å²) in [6.07, 6.45) is 7.70. The molecule has 0 aromatic carbocycles. The fourth-order valence-electron chi connectivity index (χ4n) is 1.64. The van der Waals surface area contributed by atoms with Crippen molar-refractivity contribution in [1.82, 2.24) is 20.3 Å². The first-order valence-corrected chi connectivity index (χ1v) is 5.41. The van der Waals surface area contributed by atoms with E-state index in [1.54, 1.807) is 24.8 Å². The molecule has 0 saturated heterocycles. The number of nitrogens with one attached hydrogen (secondary N) is 1. The zero-order chi connectivity index (χ0) is 12.1. The van der Waals surface area contributed by atoms with E-state index in [2.05, 4.69) is 20.3 Å². The van der Waals surface area contributed by atoms with Gasteiger partial charge in [0.2, 0.25) is 0 Å². The van der Waals surface area contributed by atoms with Crippen LogP contribution in [0, 0.1) is 5.82 Å². The van der Waals surface area contributed by atoms with E-state index in [0.717, 1.165) is 17.8 Å². The quantitative estimate of drug-likeness (QED) is 0.871. The summed E-state index contributed by atoms with van der Waals surface area (Å²) in [7, 11) is 0. The highest BCUT2D eigenvalue weighted by atomic mass is 19.1. The first-order chi connectivity index (χ1) is 8.31. The Bertz CT molecular complexity index is 475. The molecule has 1 atom stereocenters. The van der Waals surface area contributed by atoms with Crippen molar-refractivity contribution in [3.8, 4) is 0 Å². The molecule has 0 bridgehead atoms. The van der Waals surface area contributed by atoms with Crippen molar-refractivity contribution in [2.75, 3.05) is 6.54 Å². The van der Waals surface area contributed by atoms with E-state index in [1.807, 2.05) is 6.92 Å². The van der Waals surface area contributed by atoms with Crippen molar-refractivity contribution in [2.24, 2.45) is 0 Å². The molecule has 88 valence electrons. The van der Waals surface area contributed by atoms with Gasteiger partial charge >= 0.3 is 0 Å². The van der Waals surface area contributed by atoms with Gasteiger partial charge in [0.05, 0.1) is 24.1 Å². The van der Waals surface area contributed by atoms with Gasteiger partial charge in [0.1, 0.15) is 5.82 Å². The van der Waals surface area contributed by atoms with Gasteiger partial charge in [-0.15, -0.1) is 0 Å². The van der Waals surface area contributed by atoms with Gasteiger partial charge < -0.3 is 5.32 Å². The van der Waals surface area contributed by atoms with Gasteiger partial charge in [-0.1, -0.05) is 6.92 Å². The normalized spacial score (nSPS) is 12.4. The van der Waals surface area contributed by atoms with Gasteiger partial charge in [-0.05, 0) is 18.2 Å². The van der Waals surface area contributed by atoms with E-state index in [1.165, 1.54) is 12.3 Å². The SMILES string of the molecule is CCNC(c1cncc(F)c1)c1cnccn1. The fourth-order valence-corrected chi connectivity index (χ4v) is 1.64. The number of aromatic nitrogens is 3. The molecule has 0 fully saturated rings. The minimum atomic E-state index is -0.353. The molecule has 2 aromatic heterocycles. The van der Waals surface area contributed by atoms with Crippen molar-refractivity contribution in [1.29, 1.82) is 0 Å². The highest BCUT2D eigenvalue weighted by molar-refractivity contribution is 5.23. The highest BCUT2D eigenvalue weighted by Gasteiger charge is 2.15. The average Bonchev–Trinajstić information content (AvgIpc) is 2.37. The summed E-state index contributed by atoms with van der Waals surface area (Å²) in [5.74, 6) is -0.353. The summed E-state index contributed by atoms with van der Waals surface area (Å²) in [5.41, 5.74) is 1.49. The Labute approximate surface area is 99.0 Å². The molecule has 0 radical (unpaired) electrons. The Kier molecular flexibility index (Phi) is 3.72. The summed E-state index contributed by atoms with van der Waals surface area (Å²) >= 11 is 0. The number of rotatable bonds is 4. The molecule has 0 amide bonds. The van der Waals surface area contributed by atoms with Crippen LogP contribution in [0.3, 0.4) is 0 Å². The van der Waals surface area contributed by atoms with Crippen LogP contribution in [0.5, 0.6) is 0 Å². The van der Waals surface area contributed by atoms with Gasteiger partial charge in [0, 0.05) is 18.6 Å². The van der Waals surface area contributed by atoms with Crippen molar-refractivity contribution < 1.29 is 4.39 Å². The molecule has 0 aliphatic heterocycles. The lowest BCUT2D eigenvalue weighted by Gasteiger charge is -2.16. The standard InChI is InChI=1S/C12H13FN4/c1-2-16-12(11-8-14-3-4-17-11)9-5-10(13)7-15-6-9/h3-8,12,16H,2H2,1H3. The molecular weight excluding hydrogens is 219 g/mol. The Morgan fingerprint density at radius 2 is 2.12 bits per heavy atom. The van der Waals surface area contributed by atoms with Crippen molar-refractivity contribution in [2.45, 2.75) is 13.0 Å². The van der Waals surface area contributed by atoms with Crippen LogP contribution in [-0.2, 0) is 0 Å². The minimum absolute atomic E-state index is 0.183. The summed E-state index contributed by atoms with van der Waals surface area (Å²) in [4.78, 5) is 12.1. The largest absolute Gasteiger partial charge is 0.305 e. The van der Waals surface area contributed by atoms with E-state index < -0.39 is 0 Å². The number of pyridine rings is 1. The number of hydrogen-bond donors (Lipinski definition) is 1. The molecule has 2 rings (SSSR count). The second-order valence-electron chi connectivity index (χ2n) is 3.56. The van der Waals surface area contributed by atoms with Gasteiger partial charge in [-0.25, -0.2) is 4.39 Å². The molecule has 4 nitrogen and oxygen atoms in total. The maximum atomic E-state index is 13.2. The molecule has 1 N–H and O–H groups in total. The molecule has 1 unspecified atom stereocenters. The van der Waals surface area contributed by atoms with Gasteiger partial charge in [-0.3, -0.25) is 15.0 Å². The van der Waals surface area contributed by atoms with E-state index in [0.29, 0.717) is 0 Å². The van der Waals surface area contributed by atoms with E-state index in [-0.39, 0.29) is 11.9 Å². The van der Waals surface area contributed by atoms with E-state index in [4.69, 9.17) is 0 Å². The van der Waals surface area contributed by atoms with Crippen LogP contribution in [0.1, 0.15) is 24.2 Å². The first kappa shape index (κ1) is 11.6. The van der Waals surface area contributed by atoms with E-state index >= 15 is 0 Å². The molecule has 0 aliphatic carbocycles. The Balaban J connectivity index is 2.35. The predicted molar refractivity (Wildman–Crippen MR) is 61.7 cm³/mol. The van der Waals surface area contributed by atoms with Gasteiger partial charge in [-0.2, -0.15) is 0 Å². The molecule has 0 aliphatic rings. The molecule has 17 heavy (non-hydrogen) atoms. The number of halogens is 1. The molecule has 5 heteroatoms. The summed E-state index contributed by atoms with van der Waals surface area (Å²) in [6.45, 7) is 2.73. The third kappa shape index (κ3) is 2.82. The van der Waals surface area contributed by atoms with E-state index in [9.17, 15) is 4.39 Å². The Hall–Kier alpha value is -1.88. The maximum absolute atomic E-state index is 13.2. The lowest BCUT2D eigenvalue weighted by molar-refractivity contribution is 0.587. The third-order valence-corrected chi connectivity index (χ3v) is 2.35. The zero-order valence-electron chi connectivity index (χ0n) is 9.47. The summed E-state index contributed by atoms with van der Waals surface area (Å²) in [6, 6.07) is 1.27. The van der Waals surface area contributed by atoms with Gasteiger partial charge in [0.15, 0.2) is 0 Å². The van der Waals surface area contributed by atoms with Crippen LogP contribution < -0.4 is 5.32 Å². The lowest BCUT2D eigenvalue weighted by Crippen LogP contribution is -2.23. The predicted octanol–water partition coefficient (Wildman–Crippen LogP) is 1.71. The first-order valence-electron chi connectivity index (χ1n) is 5.41. The van der Waals surface area contributed by atoms with Gasteiger partial charge in [0.25, 0.3) is 0 Å². The molecule has 0 spiro atoms. The topological polar surface area (TPSA) is 50.7 Å². The Morgan fingerprint density at radius 3 is 2.76 bits per heavy atom. The van der Waals surface area contributed by atoms with Crippen LogP contribution in [0.4, 0.5) is 4.39 Å². The molecule has 0 saturated carbocycles. The van der Waals surface area contributed by atoms with Crippen LogP contribution in [0.15, 0.2) is 37.1 Å². The summed E-state index contributed by atoms with van der Waals surface area (Å²) < 4.78 is 13.2. The monoisotopic (exact) mass is 232 g/mol. The minimum Gasteiger partial charge on any atom is -0.305 e. The average molecular weight is 232 g/mol. The zero-order valence-corrected chi connectivity index (χ0v) is 9.47. The number of hydrogen-bond acceptors (Lipinski definition) is 4. The molecular formula is C12H13FN4. The number of nitrogens with zero attached hydrogens (tertiary/aromatic N) is 3.